The zero-order valence-electron chi connectivity index (χ0n) is 17.8. The molecule has 2 aromatic rings. The summed E-state index contributed by atoms with van der Waals surface area (Å²) in [6.07, 6.45) is 4.14. The third kappa shape index (κ3) is 6.85. The Hall–Kier alpha value is -3.86. The first kappa shape index (κ1) is 23.4. The van der Waals surface area contributed by atoms with E-state index in [1.165, 1.54) is 24.4 Å². The molecule has 0 radical (unpaired) electrons. The molecule has 0 aliphatic carbocycles. The Balaban J connectivity index is 2.35. The molecule has 11 heteroatoms. The van der Waals surface area contributed by atoms with Crippen LogP contribution >= 0.6 is 0 Å². The number of benzene rings is 1. The number of ether oxygens (including phenoxy) is 1. The molecular weight excluding hydrogens is 398 g/mol. The van der Waals surface area contributed by atoms with E-state index >= 15 is 0 Å². The van der Waals surface area contributed by atoms with Crippen molar-refractivity contribution in [2.24, 2.45) is 10.1 Å². The van der Waals surface area contributed by atoms with Crippen LogP contribution < -0.4 is 16.1 Å². The summed E-state index contributed by atoms with van der Waals surface area (Å²) in [5.41, 5.74) is 11.0. The van der Waals surface area contributed by atoms with E-state index in [2.05, 4.69) is 32.2 Å². The summed E-state index contributed by atoms with van der Waals surface area (Å²) in [6.45, 7) is 7.27. The largest absolute Gasteiger partial charge is 0.461 e. The predicted octanol–water partition coefficient (Wildman–Crippen LogP) is 1.42. The predicted molar refractivity (Wildman–Crippen MR) is 121 cm³/mol. The van der Waals surface area contributed by atoms with Crippen LogP contribution in [0.25, 0.3) is 0 Å². The fraction of sp³-hybridized carbons (Fsp3) is 0.300. The summed E-state index contributed by atoms with van der Waals surface area (Å²) < 4.78 is 5.01. The lowest BCUT2D eigenvalue weighted by molar-refractivity contribution is -0.142. The first-order chi connectivity index (χ1) is 14.8. The van der Waals surface area contributed by atoms with Gasteiger partial charge in [0.05, 0.1) is 12.9 Å². The molecule has 11 nitrogen and oxygen atoms in total. The highest BCUT2D eigenvalue weighted by Crippen LogP contribution is 2.19. The fourth-order valence-electron chi connectivity index (χ4n) is 2.61. The van der Waals surface area contributed by atoms with Crippen LogP contribution in [0, 0.1) is 5.41 Å². The summed E-state index contributed by atoms with van der Waals surface area (Å²) in [4.78, 5) is 25.6. The Labute approximate surface area is 181 Å². The number of carbonyl (C=O) groups excluding carboxylic acids is 1. The highest BCUT2D eigenvalue weighted by molar-refractivity contribution is 6.19. The van der Waals surface area contributed by atoms with Gasteiger partial charge in [0, 0.05) is 44.8 Å². The van der Waals surface area contributed by atoms with Crippen LogP contribution in [0.4, 0.5) is 11.5 Å². The van der Waals surface area contributed by atoms with Crippen LogP contribution in [-0.4, -0.2) is 59.6 Å². The number of hydrazine groups is 1. The Morgan fingerprint density at radius 1 is 1.35 bits per heavy atom. The van der Waals surface area contributed by atoms with E-state index in [-0.39, 0.29) is 24.4 Å². The first-order valence-corrected chi connectivity index (χ1v) is 9.45. The molecule has 4 N–H and O–H groups in total. The first-order valence-electron chi connectivity index (χ1n) is 9.45. The van der Waals surface area contributed by atoms with E-state index in [4.69, 9.17) is 15.9 Å². The standard InChI is InChI=1S/C20H27N9O2/c1-14(27-28(4)23-3)11-26-20(18-19(22)25-10-9-24-18)29(13-21)17-7-5-16(6-8-17)12-31-15(2)30/h5-10,13-14,21,27H,3,11-12H2,1-2,4H3,(H2,22,25)/b21-13?,26-20-. The molecule has 0 aliphatic heterocycles. The molecule has 0 bridgehead atoms. The number of nitrogens with two attached hydrogens (primary N) is 1. The molecule has 0 saturated carbocycles. The summed E-state index contributed by atoms with van der Waals surface area (Å²) in [5, 5.41) is 13.2. The maximum atomic E-state index is 11.0. The van der Waals surface area contributed by atoms with Gasteiger partial charge in [-0.2, -0.15) is 5.10 Å². The second kappa shape index (κ2) is 11.4. The second-order valence-electron chi connectivity index (χ2n) is 6.60. The molecule has 164 valence electrons. The van der Waals surface area contributed by atoms with Crippen molar-refractivity contribution >= 4 is 36.4 Å². The van der Waals surface area contributed by atoms with Crippen molar-refractivity contribution in [1.82, 2.24) is 20.5 Å². The Kier molecular flexibility index (Phi) is 8.58. The fourth-order valence-corrected chi connectivity index (χ4v) is 2.61. The highest BCUT2D eigenvalue weighted by Gasteiger charge is 2.19. The van der Waals surface area contributed by atoms with Crippen molar-refractivity contribution in [1.29, 1.82) is 5.41 Å². The van der Waals surface area contributed by atoms with Gasteiger partial charge in [-0.05, 0) is 24.6 Å². The van der Waals surface area contributed by atoms with Gasteiger partial charge in [-0.15, -0.1) is 0 Å². The zero-order valence-corrected chi connectivity index (χ0v) is 17.8. The van der Waals surface area contributed by atoms with Gasteiger partial charge in [0.25, 0.3) is 0 Å². The van der Waals surface area contributed by atoms with Gasteiger partial charge in [0.1, 0.15) is 12.3 Å². The minimum atomic E-state index is -0.349. The van der Waals surface area contributed by atoms with E-state index in [0.717, 1.165) is 11.9 Å². The van der Waals surface area contributed by atoms with Crippen molar-refractivity contribution in [3.63, 3.8) is 0 Å². The molecule has 0 saturated heterocycles. The van der Waals surface area contributed by atoms with E-state index in [1.54, 1.807) is 36.2 Å². The number of aliphatic imine (C=N–C) groups is 1. The smallest absolute Gasteiger partial charge is 0.302 e. The number of carbonyl (C=O) groups is 1. The second-order valence-corrected chi connectivity index (χ2v) is 6.60. The average Bonchev–Trinajstić information content (AvgIpc) is 2.76. The summed E-state index contributed by atoms with van der Waals surface area (Å²) in [7, 11) is 1.73. The normalized spacial score (nSPS) is 12.0. The molecule has 1 aromatic heterocycles. The van der Waals surface area contributed by atoms with Crippen molar-refractivity contribution < 1.29 is 9.53 Å². The number of hydrogen-bond acceptors (Lipinski definition) is 10. The average molecular weight is 425 g/mol. The van der Waals surface area contributed by atoms with Gasteiger partial charge in [-0.1, -0.05) is 12.1 Å². The van der Waals surface area contributed by atoms with Crippen LogP contribution in [0.5, 0.6) is 0 Å². The number of nitrogens with one attached hydrogen (secondary N) is 2. The topological polar surface area (TPSA) is 145 Å². The van der Waals surface area contributed by atoms with Crippen molar-refractivity contribution in [3.8, 4) is 0 Å². The lowest BCUT2D eigenvalue weighted by Gasteiger charge is -2.23. The summed E-state index contributed by atoms with van der Waals surface area (Å²) in [6, 6.07) is 7.12. The lowest BCUT2D eigenvalue weighted by atomic mass is 10.2. The molecule has 1 aromatic carbocycles. The monoisotopic (exact) mass is 425 g/mol. The molecule has 1 heterocycles. The number of esters is 1. The SMILES string of the molecule is C=NN(C)NC(C)C/N=C(/c1nccnc1N)N(C=N)c1ccc(COC(C)=O)cc1. The molecule has 0 amide bonds. The van der Waals surface area contributed by atoms with Crippen molar-refractivity contribution in [2.45, 2.75) is 26.5 Å². The van der Waals surface area contributed by atoms with Gasteiger partial charge in [0.2, 0.25) is 0 Å². The maximum absolute atomic E-state index is 11.0. The van der Waals surface area contributed by atoms with Gasteiger partial charge in [-0.3, -0.25) is 20.1 Å². The van der Waals surface area contributed by atoms with E-state index in [0.29, 0.717) is 23.8 Å². The minimum Gasteiger partial charge on any atom is -0.461 e. The Morgan fingerprint density at radius 2 is 2.03 bits per heavy atom. The van der Waals surface area contributed by atoms with Crippen LogP contribution in [-0.2, 0) is 16.1 Å². The quantitative estimate of drug-likeness (QED) is 0.224. The molecule has 0 aliphatic rings. The zero-order chi connectivity index (χ0) is 22.8. The van der Waals surface area contributed by atoms with Gasteiger partial charge in [-0.25, -0.2) is 20.5 Å². The number of rotatable bonds is 10. The number of aromatic nitrogens is 2. The summed E-state index contributed by atoms with van der Waals surface area (Å²) in [5.74, 6) is 0.221. The van der Waals surface area contributed by atoms with Gasteiger partial charge in [0.15, 0.2) is 11.7 Å². The third-order valence-electron chi connectivity index (χ3n) is 4.09. The molecule has 31 heavy (non-hydrogen) atoms. The third-order valence-corrected chi connectivity index (χ3v) is 4.09. The molecule has 1 atom stereocenters. The molecule has 2 rings (SSSR count). The van der Waals surface area contributed by atoms with E-state index in [9.17, 15) is 4.79 Å². The number of amidine groups is 1. The highest BCUT2D eigenvalue weighted by atomic mass is 16.5. The number of anilines is 2. The summed E-state index contributed by atoms with van der Waals surface area (Å²) >= 11 is 0. The minimum absolute atomic E-state index is 0.0814. The number of hydrogen-bond donors (Lipinski definition) is 3. The van der Waals surface area contributed by atoms with E-state index < -0.39 is 0 Å². The molecule has 1 unspecified atom stereocenters. The van der Waals surface area contributed by atoms with Crippen molar-refractivity contribution in [3.05, 3.63) is 47.9 Å². The van der Waals surface area contributed by atoms with Crippen LogP contribution in [0.3, 0.4) is 0 Å². The Morgan fingerprint density at radius 3 is 2.61 bits per heavy atom. The van der Waals surface area contributed by atoms with Crippen LogP contribution in [0.15, 0.2) is 46.8 Å². The van der Waals surface area contributed by atoms with Crippen LogP contribution in [0.2, 0.25) is 0 Å². The number of hydrazone groups is 1. The lowest BCUT2D eigenvalue weighted by Crippen LogP contribution is -2.40. The molecule has 0 fully saturated rings. The maximum Gasteiger partial charge on any atom is 0.302 e. The number of nitrogen functional groups attached to an aromatic ring is 1. The molecular formula is C20H27N9O2. The van der Waals surface area contributed by atoms with Crippen LogP contribution in [0.1, 0.15) is 25.1 Å². The number of nitrogens with zero attached hydrogens (tertiary/aromatic N) is 6. The van der Waals surface area contributed by atoms with E-state index in [1.807, 2.05) is 6.92 Å². The van der Waals surface area contributed by atoms with Gasteiger partial charge < -0.3 is 10.5 Å². The van der Waals surface area contributed by atoms with Crippen molar-refractivity contribution in [2.75, 3.05) is 24.2 Å². The Bertz CT molecular complexity index is 931. The van der Waals surface area contributed by atoms with Gasteiger partial charge >= 0.3 is 5.97 Å². The molecule has 0 spiro atoms.